The smallest absolute Gasteiger partial charge is 0.221 e. The van der Waals surface area contributed by atoms with Crippen molar-refractivity contribution in [1.82, 2.24) is 9.88 Å². The van der Waals surface area contributed by atoms with E-state index in [0.717, 1.165) is 32.5 Å². The first-order chi connectivity index (χ1) is 9.65. The van der Waals surface area contributed by atoms with Crippen LogP contribution in [0.15, 0.2) is 24.3 Å². The Bertz CT molecular complexity index is 632. The third-order valence-corrected chi connectivity index (χ3v) is 4.32. The molecule has 3 N–H and O–H groups in total. The SMILES string of the molecule is Cc1[nH]c2ccccc2c1CN1CCCC(C(N)=O)C1. The van der Waals surface area contributed by atoms with Crippen molar-refractivity contribution in [2.75, 3.05) is 13.1 Å². The summed E-state index contributed by atoms with van der Waals surface area (Å²) < 4.78 is 0. The van der Waals surface area contributed by atoms with Crippen LogP contribution in [0.1, 0.15) is 24.1 Å². The van der Waals surface area contributed by atoms with Crippen molar-refractivity contribution in [3.05, 3.63) is 35.5 Å². The van der Waals surface area contributed by atoms with Crippen LogP contribution in [-0.2, 0) is 11.3 Å². The van der Waals surface area contributed by atoms with Crippen molar-refractivity contribution < 1.29 is 4.79 Å². The van der Waals surface area contributed by atoms with Crippen LogP contribution in [0.5, 0.6) is 0 Å². The number of aryl methyl sites for hydroxylation is 1. The van der Waals surface area contributed by atoms with Crippen LogP contribution in [0.3, 0.4) is 0 Å². The first-order valence-electron chi connectivity index (χ1n) is 7.23. The van der Waals surface area contributed by atoms with Crippen LogP contribution < -0.4 is 5.73 Å². The molecule has 2 heterocycles. The van der Waals surface area contributed by atoms with Gasteiger partial charge in [0.15, 0.2) is 0 Å². The number of fused-ring (bicyclic) bond motifs is 1. The summed E-state index contributed by atoms with van der Waals surface area (Å²) in [7, 11) is 0. The van der Waals surface area contributed by atoms with Crippen LogP contribution in [0.25, 0.3) is 10.9 Å². The maximum Gasteiger partial charge on any atom is 0.221 e. The summed E-state index contributed by atoms with van der Waals surface area (Å²) in [4.78, 5) is 17.2. The minimum absolute atomic E-state index is 0.00858. The molecule has 4 heteroatoms. The highest BCUT2D eigenvalue weighted by Crippen LogP contribution is 2.25. The number of benzene rings is 1. The van der Waals surface area contributed by atoms with Gasteiger partial charge in [-0.1, -0.05) is 18.2 Å². The van der Waals surface area contributed by atoms with E-state index >= 15 is 0 Å². The minimum atomic E-state index is -0.162. The van der Waals surface area contributed by atoms with Gasteiger partial charge in [0, 0.05) is 29.7 Å². The van der Waals surface area contributed by atoms with E-state index in [4.69, 9.17) is 5.73 Å². The molecule has 0 saturated carbocycles. The van der Waals surface area contributed by atoms with Crippen molar-refractivity contribution >= 4 is 16.8 Å². The van der Waals surface area contributed by atoms with Gasteiger partial charge in [-0.2, -0.15) is 0 Å². The Hall–Kier alpha value is -1.81. The lowest BCUT2D eigenvalue weighted by molar-refractivity contribution is -0.123. The molecular weight excluding hydrogens is 250 g/mol. The molecule has 1 aromatic carbocycles. The highest BCUT2D eigenvalue weighted by atomic mass is 16.1. The molecule has 3 rings (SSSR count). The quantitative estimate of drug-likeness (QED) is 0.898. The van der Waals surface area contributed by atoms with Gasteiger partial charge < -0.3 is 10.7 Å². The highest BCUT2D eigenvalue weighted by Gasteiger charge is 2.24. The lowest BCUT2D eigenvalue weighted by Gasteiger charge is -2.31. The van der Waals surface area contributed by atoms with Crippen molar-refractivity contribution in [2.45, 2.75) is 26.3 Å². The first kappa shape index (κ1) is 13.2. The summed E-state index contributed by atoms with van der Waals surface area (Å²) in [6.45, 7) is 4.83. The molecule has 0 spiro atoms. The number of hydrogen-bond acceptors (Lipinski definition) is 2. The molecule has 20 heavy (non-hydrogen) atoms. The summed E-state index contributed by atoms with van der Waals surface area (Å²) in [5, 5.41) is 1.28. The molecule has 1 aliphatic rings. The zero-order valence-corrected chi connectivity index (χ0v) is 11.9. The van der Waals surface area contributed by atoms with Gasteiger partial charge in [-0.15, -0.1) is 0 Å². The fraction of sp³-hybridized carbons (Fsp3) is 0.438. The van der Waals surface area contributed by atoms with E-state index in [9.17, 15) is 4.79 Å². The predicted octanol–water partition coefficient (Wildman–Crippen LogP) is 2.17. The molecule has 1 unspecified atom stereocenters. The Morgan fingerprint density at radius 1 is 1.45 bits per heavy atom. The number of rotatable bonds is 3. The van der Waals surface area contributed by atoms with Crippen LogP contribution in [0, 0.1) is 12.8 Å². The van der Waals surface area contributed by atoms with Gasteiger partial charge in [0.25, 0.3) is 0 Å². The summed E-state index contributed by atoms with van der Waals surface area (Å²) >= 11 is 0. The maximum atomic E-state index is 11.4. The van der Waals surface area contributed by atoms with E-state index in [1.165, 1.54) is 22.2 Å². The second-order valence-corrected chi connectivity index (χ2v) is 5.75. The number of aromatic nitrogens is 1. The normalized spacial score (nSPS) is 20.4. The molecule has 0 aliphatic carbocycles. The average Bonchev–Trinajstić information content (AvgIpc) is 2.76. The number of nitrogens with one attached hydrogen (secondary N) is 1. The van der Waals surface area contributed by atoms with Gasteiger partial charge in [-0.25, -0.2) is 0 Å². The number of carbonyl (C=O) groups excluding carboxylic acids is 1. The van der Waals surface area contributed by atoms with Crippen molar-refractivity contribution in [2.24, 2.45) is 11.7 Å². The van der Waals surface area contributed by atoms with E-state index in [-0.39, 0.29) is 11.8 Å². The van der Waals surface area contributed by atoms with Gasteiger partial charge in [-0.3, -0.25) is 9.69 Å². The van der Waals surface area contributed by atoms with E-state index in [0.29, 0.717) is 0 Å². The van der Waals surface area contributed by atoms with Crippen molar-refractivity contribution in [3.8, 4) is 0 Å². The summed E-state index contributed by atoms with van der Waals surface area (Å²) in [5.74, 6) is -0.153. The number of H-pyrrole nitrogens is 1. The number of likely N-dealkylation sites (tertiary alicyclic amines) is 1. The Morgan fingerprint density at radius 3 is 3.05 bits per heavy atom. The Balaban J connectivity index is 1.82. The number of nitrogens with two attached hydrogens (primary N) is 1. The van der Waals surface area contributed by atoms with Crippen LogP contribution in [0.2, 0.25) is 0 Å². The number of hydrogen-bond donors (Lipinski definition) is 2. The van der Waals surface area contributed by atoms with Crippen molar-refractivity contribution in [3.63, 3.8) is 0 Å². The first-order valence-corrected chi connectivity index (χ1v) is 7.23. The zero-order valence-electron chi connectivity index (χ0n) is 11.9. The average molecular weight is 271 g/mol. The highest BCUT2D eigenvalue weighted by molar-refractivity contribution is 5.84. The van der Waals surface area contributed by atoms with Gasteiger partial charge in [0.2, 0.25) is 5.91 Å². The van der Waals surface area contributed by atoms with Gasteiger partial charge in [0.1, 0.15) is 0 Å². The third kappa shape index (κ3) is 2.43. The van der Waals surface area contributed by atoms with Crippen LogP contribution >= 0.6 is 0 Å². The molecule has 106 valence electrons. The lowest BCUT2D eigenvalue weighted by Crippen LogP contribution is -2.40. The number of primary amides is 1. The number of carbonyl (C=O) groups is 1. The van der Waals surface area contributed by atoms with E-state index < -0.39 is 0 Å². The molecule has 4 nitrogen and oxygen atoms in total. The standard InChI is InChI=1S/C16H21N3O/c1-11-14(13-6-2-3-7-15(13)18-11)10-19-8-4-5-12(9-19)16(17)20/h2-3,6-7,12,18H,4-5,8-10H2,1H3,(H2,17,20). The van der Waals surface area contributed by atoms with E-state index in [1.807, 2.05) is 6.07 Å². The number of para-hydroxylation sites is 1. The van der Waals surface area contributed by atoms with E-state index in [2.05, 4.69) is 35.0 Å². The second-order valence-electron chi connectivity index (χ2n) is 5.75. The minimum Gasteiger partial charge on any atom is -0.369 e. The van der Waals surface area contributed by atoms with Gasteiger partial charge in [-0.05, 0) is 37.9 Å². The number of piperidine rings is 1. The summed E-state index contributed by atoms with van der Waals surface area (Å²) in [6.07, 6.45) is 1.98. The number of nitrogens with zero attached hydrogens (tertiary/aromatic N) is 1. The van der Waals surface area contributed by atoms with Gasteiger partial charge >= 0.3 is 0 Å². The van der Waals surface area contributed by atoms with Crippen molar-refractivity contribution in [1.29, 1.82) is 0 Å². The molecule has 1 aromatic heterocycles. The Kier molecular flexibility index (Phi) is 3.49. The molecule has 2 aromatic rings. The molecule has 1 amide bonds. The Labute approximate surface area is 118 Å². The van der Waals surface area contributed by atoms with Gasteiger partial charge in [0.05, 0.1) is 5.92 Å². The number of amides is 1. The molecule has 0 radical (unpaired) electrons. The second kappa shape index (κ2) is 5.29. The molecule has 1 fully saturated rings. The molecule has 1 saturated heterocycles. The lowest BCUT2D eigenvalue weighted by atomic mass is 9.97. The largest absolute Gasteiger partial charge is 0.369 e. The van der Waals surface area contributed by atoms with Crippen LogP contribution in [0.4, 0.5) is 0 Å². The summed E-state index contributed by atoms with van der Waals surface area (Å²) in [5.41, 5.74) is 9.19. The molecule has 0 bridgehead atoms. The fourth-order valence-corrected chi connectivity index (χ4v) is 3.19. The van der Waals surface area contributed by atoms with Crippen LogP contribution in [-0.4, -0.2) is 28.9 Å². The topological polar surface area (TPSA) is 62.1 Å². The molecule has 1 aliphatic heterocycles. The maximum absolute atomic E-state index is 11.4. The zero-order chi connectivity index (χ0) is 14.1. The Morgan fingerprint density at radius 2 is 2.25 bits per heavy atom. The summed E-state index contributed by atoms with van der Waals surface area (Å²) in [6, 6.07) is 8.38. The fourth-order valence-electron chi connectivity index (χ4n) is 3.19. The third-order valence-electron chi connectivity index (χ3n) is 4.32. The monoisotopic (exact) mass is 271 g/mol. The molecule has 1 atom stereocenters. The number of aromatic amines is 1. The van der Waals surface area contributed by atoms with E-state index in [1.54, 1.807) is 0 Å². The predicted molar refractivity (Wildman–Crippen MR) is 80.2 cm³/mol. The molecular formula is C16H21N3O.